The molecule has 0 saturated heterocycles. The number of H-pyrrole nitrogens is 1. The number of hydrogen-bond acceptors (Lipinski definition) is 3. The summed E-state index contributed by atoms with van der Waals surface area (Å²) in [6.45, 7) is 2.80. The number of nitrogens with one attached hydrogen (secondary N) is 2. The second-order valence-corrected chi connectivity index (χ2v) is 5.26. The fraction of sp³-hybridized carbons (Fsp3) is 0.364. The van der Waals surface area contributed by atoms with Gasteiger partial charge in [0.25, 0.3) is 5.91 Å². The fourth-order valence-corrected chi connectivity index (χ4v) is 2.20. The number of aryl methyl sites for hydroxylation is 2. The number of nitrogens with zero attached hydrogens (tertiary/aromatic N) is 3. The molecule has 0 unspecified atom stereocenters. The Morgan fingerprint density at radius 1 is 1.45 bits per heavy atom. The fourth-order valence-electron chi connectivity index (χ4n) is 1.63. The average Bonchev–Trinajstić information content (AvgIpc) is 2.94. The minimum absolute atomic E-state index is 0.252. The molecule has 0 aliphatic rings. The molecule has 0 bridgehead atoms. The van der Waals surface area contributed by atoms with E-state index >= 15 is 0 Å². The molecule has 2 aromatic heterocycles. The summed E-state index contributed by atoms with van der Waals surface area (Å²) in [5.74, 6) is -0.298. The lowest BCUT2D eigenvalue weighted by Gasteiger charge is -2.05. The Morgan fingerprint density at radius 2 is 2.20 bits per heavy atom. The zero-order valence-corrected chi connectivity index (χ0v) is 12.9. The van der Waals surface area contributed by atoms with E-state index in [2.05, 4.69) is 20.6 Å². The maximum Gasteiger partial charge on any atom is 0.270 e. The van der Waals surface area contributed by atoms with Crippen molar-refractivity contribution < 1.29 is 4.79 Å². The van der Waals surface area contributed by atoms with Crippen molar-refractivity contribution in [3.05, 3.63) is 32.8 Å². The Hall–Kier alpha value is -1.24. The number of aromatic nitrogens is 4. The van der Waals surface area contributed by atoms with E-state index in [9.17, 15) is 4.79 Å². The van der Waals surface area contributed by atoms with Gasteiger partial charge in [-0.2, -0.15) is 10.2 Å². The average molecular weight is 337 g/mol. The van der Waals surface area contributed by atoms with Crippen molar-refractivity contribution in [3.8, 4) is 0 Å². The van der Waals surface area contributed by atoms with Crippen LogP contribution in [0.3, 0.4) is 0 Å². The van der Waals surface area contributed by atoms with Crippen molar-refractivity contribution in [1.82, 2.24) is 25.3 Å². The Kier molecular flexibility index (Phi) is 4.91. The van der Waals surface area contributed by atoms with Crippen molar-refractivity contribution in [2.45, 2.75) is 19.9 Å². The highest BCUT2D eigenvalue weighted by Crippen LogP contribution is 2.24. The lowest BCUT2D eigenvalue weighted by molar-refractivity contribution is 0.0947. The molecule has 6 nitrogen and oxygen atoms in total. The molecule has 2 heterocycles. The third-order valence-corrected chi connectivity index (χ3v) is 3.87. The highest BCUT2D eigenvalue weighted by molar-refractivity contribution is 6.41. The Balaban J connectivity index is 1.81. The van der Waals surface area contributed by atoms with Crippen molar-refractivity contribution in [2.75, 3.05) is 6.54 Å². The first kappa shape index (κ1) is 15.2. The third kappa shape index (κ3) is 3.26. The predicted octanol–water partition coefficient (Wildman–Crippen LogP) is 2.69. The van der Waals surface area contributed by atoms with Gasteiger partial charge >= 0.3 is 0 Å². The van der Waals surface area contributed by atoms with Crippen LogP contribution in [0.1, 0.15) is 22.6 Å². The van der Waals surface area contributed by atoms with Crippen LogP contribution >= 0.6 is 34.8 Å². The minimum atomic E-state index is -0.298. The van der Waals surface area contributed by atoms with Gasteiger partial charge in [-0.05, 0) is 13.3 Å². The molecule has 0 fully saturated rings. The van der Waals surface area contributed by atoms with Gasteiger partial charge in [-0.25, -0.2) is 0 Å². The van der Waals surface area contributed by atoms with Crippen LogP contribution in [0.4, 0.5) is 0 Å². The Bertz CT molecular complexity index is 622. The zero-order valence-electron chi connectivity index (χ0n) is 10.6. The van der Waals surface area contributed by atoms with Crippen LogP contribution in [-0.4, -0.2) is 32.4 Å². The molecule has 108 valence electrons. The summed E-state index contributed by atoms with van der Waals surface area (Å²) in [7, 11) is 0. The van der Waals surface area contributed by atoms with Gasteiger partial charge in [0.1, 0.15) is 15.9 Å². The van der Waals surface area contributed by atoms with E-state index in [1.165, 1.54) is 6.20 Å². The molecule has 2 N–H and O–H groups in total. The smallest absolute Gasteiger partial charge is 0.270 e. The van der Waals surface area contributed by atoms with Gasteiger partial charge in [-0.1, -0.05) is 34.8 Å². The van der Waals surface area contributed by atoms with E-state index in [0.29, 0.717) is 40.4 Å². The molecule has 0 spiro atoms. The zero-order chi connectivity index (χ0) is 14.7. The van der Waals surface area contributed by atoms with Crippen LogP contribution in [0.5, 0.6) is 0 Å². The summed E-state index contributed by atoms with van der Waals surface area (Å²) < 4.78 is 1.61. The molecule has 20 heavy (non-hydrogen) atoms. The second-order valence-electron chi connectivity index (χ2n) is 4.12. The molecule has 0 aromatic carbocycles. The van der Waals surface area contributed by atoms with Crippen LogP contribution in [0, 0.1) is 6.92 Å². The third-order valence-electron chi connectivity index (χ3n) is 2.65. The summed E-state index contributed by atoms with van der Waals surface area (Å²) in [6, 6.07) is 0. The summed E-state index contributed by atoms with van der Waals surface area (Å²) in [6.07, 6.45) is 2.04. The number of aromatic amines is 1. The normalized spacial score (nSPS) is 10.8. The second kappa shape index (κ2) is 6.47. The van der Waals surface area contributed by atoms with E-state index in [4.69, 9.17) is 34.8 Å². The Labute approximate surface area is 130 Å². The lowest BCUT2D eigenvalue weighted by atomic mass is 10.3. The van der Waals surface area contributed by atoms with Gasteiger partial charge in [-0.15, -0.1) is 0 Å². The molecular formula is C11H12Cl3N5O. The Morgan fingerprint density at radius 3 is 2.75 bits per heavy atom. The molecule has 0 atom stereocenters. The molecule has 2 aromatic rings. The van der Waals surface area contributed by atoms with E-state index in [0.717, 1.165) is 0 Å². The van der Waals surface area contributed by atoms with Crippen molar-refractivity contribution in [1.29, 1.82) is 0 Å². The summed E-state index contributed by atoms with van der Waals surface area (Å²) in [5.41, 5.74) is 0.938. The molecule has 1 amide bonds. The summed E-state index contributed by atoms with van der Waals surface area (Å²) in [4.78, 5) is 11.7. The van der Waals surface area contributed by atoms with Crippen LogP contribution in [0.2, 0.25) is 15.2 Å². The van der Waals surface area contributed by atoms with Gasteiger partial charge in [0.15, 0.2) is 0 Å². The largest absolute Gasteiger partial charge is 0.351 e. The first-order valence-corrected chi connectivity index (χ1v) is 6.99. The predicted molar refractivity (Wildman–Crippen MR) is 77.5 cm³/mol. The number of rotatable bonds is 5. The number of hydrogen-bond donors (Lipinski definition) is 2. The van der Waals surface area contributed by atoms with Gasteiger partial charge in [0.2, 0.25) is 0 Å². The van der Waals surface area contributed by atoms with Gasteiger partial charge in [0, 0.05) is 13.1 Å². The minimum Gasteiger partial charge on any atom is -0.351 e. The molecule has 2 rings (SSSR count). The standard InChI is InChI=1S/C11H12Cl3N5O/c1-6-8(13)10(14)19(18-6)4-2-3-15-11(20)9-7(12)5-16-17-9/h5H,2-4H2,1H3,(H,15,20)(H,16,17). The first-order valence-electron chi connectivity index (χ1n) is 5.86. The van der Waals surface area contributed by atoms with Crippen LogP contribution < -0.4 is 5.32 Å². The maximum absolute atomic E-state index is 11.7. The molecule has 0 saturated carbocycles. The van der Waals surface area contributed by atoms with Gasteiger partial charge in [-0.3, -0.25) is 14.6 Å². The monoisotopic (exact) mass is 335 g/mol. The van der Waals surface area contributed by atoms with Crippen molar-refractivity contribution in [2.24, 2.45) is 0 Å². The molecule has 0 aliphatic carbocycles. The van der Waals surface area contributed by atoms with E-state index in [-0.39, 0.29) is 11.6 Å². The lowest BCUT2D eigenvalue weighted by Crippen LogP contribution is -2.26. The van der Waals surface area contributed by atoms with E-state index < -0.39 is 0 Å². The molecule has 0 radical (unpaired) electrons. The summed E-state index contributed by atoms with van der Waals surface area (Å²) in [5, 5.41) is 14.3. The number of amides is 1. The molecule has 0 aliphatic heterocycles. The number of carbonyl (C=O) groups excluding carboxylic acids is 1. The van der Waals surface area contributed by atoms with Crippen molar-refractivity contribution >= 4 is 40.7 Å². The van der Waals surface area contributed by atoms with Crippen molar-refractivity contribution in [3.63, 3.8) is 0 Å². The number of halogens is 3. The van der Waals surface area contributed by atoms with Crippen LogP contribution in [0.15, 0.2) is 6.20 Å². The van der Waals surface area contributed by atoms with Crippen LogP contribution in [-0.2, 0) is 6.54 Å². The summed E-state index contributed by atoms with van der Waals surface area (Å²) >= 11 is 17.7. The van der Waals surface area contributed by atoms with Crippen LogP contribution in [0.25, 0.3) is 0 Å². The topological polar surface area (TPSA) is 75.6 Å². The SMILES string of the molecule is Cc1nn(CCCNC(=O)c2[nH]ncc2Cl)c(Cl)c1Cl. The molecule has 9 heteroatoms. The van der Waals surface area contributed by atoms with E-state index in [1.54, 1.807) is 11.6 Å². The quantitative estimate of drug-likeness (QED) is 0.824. The number of carbonyl (C=O) groups is 1. The highest BCUT2D eigenvalue weighted by Gasteiger charge is 2.13. The highest BCUT2D eigenvalue weighted by atomic mass is 35.5. The molecular weight excluding hydrogens is 325 g/mol. The van der Waals surface area contributed by atoms with E-state index in [1.807, 2.05) is 0 Å². The maximum atomic E-state index is 11.7. The van der Waals surface area contributed by atoms with Gasteiger partial charge in [0.05, 0.1) is 16.9 Å². The first-order chi connectivity index (χ1) is 9.50. The van der Waals surface area contributed by atoms with Gasteiger partial charge < -0.3 is 5.32 Å².